The fourth-order valence-electron chi connectivity index (χ4n) is 1.74. The van der Waals surface area contributed by atoms with Gasteiger partial charge < -0.3 is 14.8 Å². The van der Waals surface area contributed by atoms with E-state index < -0.39 is 0 Å². The van der Waals surface area contributed by atoms with Crippen molar-refractivity contribution in [1.29, 1.82) is 0 Å². The van der Waals surface area contributed by atoms with Crippen LogP contribution in [0.15, 0.2) is 30.5 Å². The fraction of sp³-hybridized carbons (Fsp3) is 0.400. The molecule has 0 unspecified atom stereocenters. The molecule has 0 atom stereocenters. The molecule has 1 aromatic carbocycles. The van der Waals surface area contributed by atoms with Crippen LogP contribution >= 0.6 is 11.3 Å². The monoisotopic (exact) mass is 292 g/mol. The zero-order chi connectivity index (χ0) is 14.2. The summed E-state index contributed by atoms with van der Waals surface area (Å²) in [5.41, 5.74) is 0. The van der Waals surface area contributed by atoms with E-state index in [0.717, 1.165) is 36.0 Å². The van der Waals surface area contributed by atoms with Gasteiger partial charge in [-0.1, -0.05) is 13.0 Å². The summed E-state index contributed by atoms with van der Waals surface area (Å²) in [6.45, 7) is 4.60. The van der Waals surface area contributed by atoms with Gasteiger partial charge in [0.05, 0.1) is 18.7 Å². The van der Waals surface area contributed by atoms with Gasteiger partial charge in [0.15, 0.2) is 0 Å². The average Bonchev–Trinajstić information content (AvgIpc) is 2.93. The van der Waals surface area contributed by atoms with E-state index in [2.05, 4.69) is 17.2 Å². The van der Waals surface area contributed by atoms with Gasteiger partial charge in [-0.25, -0.2) is 4.98 Å². The highest BCUT2D eigenvalue weighted by molar-refractivity contribution is 7.11. The molecule has 1 N–H and O–H groups in total. The van der Waals surface area contributed by atoms with Crippen LogP contribution in [0, 0.1) is 0 Å². The second-order valence-electron chi connectivity index (χ2n) is 4.28. The summed E-state index contributed by atoms with van der Waals surface area (Å²) in [7, 11) is 1.65. The van der Waals surface area contributed by atoms with Crippen LogP contribution in [-0.2, 0) is 13.0 Å². The highest BCUT2D eigenvalue weighted by Crippen LogP contribution is 2.19. The Morgan fingerprint density at radius 1 is 1.30 bits per heavy atom. The Morgan fingerprint density at radius 3 is 2.95 bits per heavy atom. The Bertz CT molecular complexity index is 528. The summed E-state index contributed by atoms with van der Waals surface area (Å²) in [5.74, 6) is 1.64. The van der Waals surface area contributed by atoms with Gasteiger partial charge in [0.2, 0.25) is 0 Å². The maximum Gasteiger partial charge on any atom is 0.123 e. The van der Waals surface area contributed by atoms with Crippen LogP contribution in [-0.4, -0.2) is 25.2 Å². The fourth-order valence-corrected chi connectivity index (χ4v) is 2.61. The Balaban J connectivity index is 1.78. The summed E-state index contributed by atoms with van der Waals surface area (Å²) in [5, 5.41) is 4.41. The molecule has 0 aliphatic rings. The molecule has 0 saturated heterocycles. The molecule has 0 aliphatic heterocycles. The van der Waals surface area contributed by atoms with E-state index in [0.29, 0.717) is 6.61 Å². The largest absolute Gasteiger partial charge is 0.497 e. The number of hydrogen-bond acceptors (Lipinski definition) is 5. The second-order valence-corrected chi connectivity index (χ2v) is 5.48. The van der Waals surface area contributed by atoms with Crippen LogP contribution in [0.1, 0.15) is 16.8 Å². The smallest absolute Gasteiger partial charge is 0.123 e. The molecule has 1 aromatic heterocycles. The Kier molecular flexibility index (Phi) is 5.83. The van der Waals surface area contributed by atoms with Crippen molar-refractivity contribution in [3.63, 3.8) is 0 Å². The number of methoxy groups -OCH3 is 1. The van der Waals surface area contributed by atoms with Crippen molar-refractivity contribution < 1.29 is 9.47 Å². The minimum atomic E-state index is 0.626. The first-order valence-corrected chi connectivity index (χ1v) is 7.54. The quantitative estimate of drug-likeness (QED) is 0.812. The van der Waals surface area contributed by atoms with E-state index in [1.165, 1.54) is 4.88 Å². The minimum absolute atomic E-state index is 0.626. The predicted octanol–water partition coefficient (Wildman–Crippen LogP) is 2.88. The number of thiazole rings is 1. The first-order valence-electron chi connectivity index (χ1n) is 6.73. The first kappa shape index (κ1) is 14.8. The average molecular weight is 292 g/mol. The maximum absolute atomic E-state index is 5.71. The van der Waals surface area contributed by atoms with Crippen LogP contribution in [0.3, 0.4) is 0 Å². The van der Waals surface area contributed by atoms with Crippen molar-refractivity contribution >= 4 is 11.3 Å². The predicted molar refractivity (Wildman–Crippen MR) is 81.7 cm³/mol. The highest BCUT2D eigenvalue weighted by Gasteiger charge is 2.03. The van der Waals surface area contributed by atoms with E-state index >= 15 is 0 Å². The van der Waals surface area contributed by atoms with Crippen molar-refractivity contribution in [1.82, 2.24) is 10.3 Å². The van der Waals surface area contributed by atoms with Crippen molar-refractivity contribution in [3.05, 3.63) is 40.3 Å². The summed E-state index contributed by atoms with van der Waals surface area (Å²) in [4.78, 5) is 5.67. The van der Waals surface area contributed by atoms with Crippen molar-refractivity contribution in [2.75, 3.05) is 20.3 Å². The molecule has 4 nitrogen and oxygen atoms in total. The van der Waals surface area contributed by atoms with E-state index in [9.17, 15) is 0 Å². The highest BCUT2D eigenvalue weighted by atomic mass is 32.1. The van der Waals surface area contributed by atoms with Crippen LogP contribution in [0.2, 0.25) is 0 Å². The topological polar surface area (TPSA) is 43.4 Å². The van der Waals surface area contributed by atoms with Gasteiger partial charge in [0, 0.05) is 30.1 Å². The summed E-state index contributed by atoms with van der Waals surface area (Å²) in [6.07, 6.45) is 2.77. The molecule has 0 amide bonds. The molecule has 0 spiro atoms. The second kappa shape index (κ2) is 7.87. The van der Waals surface area contributed by atoms with Crippen molar-refractivity contribution in [2.45, 2.75) is 19.9 Å². The normalized spacial score (nSPS) is 10.5. The molecular formula is C15H20N2O2S. The Labute approximate surface area is 123 Å². The lowest BCUT2D eigenvalue weighted by molar-refractivity contribution is 0.319. The lowest BCUT2D eigenvalue weighted by Crippen LogP contribution is -2.10. The zero-order valence-corrected chi connectivity index (χ0v) is 12.7. The zero-order valence-electron chi connectivity index (χ0n) is 11.9. The van der Waals surface area contributed by atoms with Gasteiger partial charge in [0.25, 0.3) is 0 Å². The van der Waals surface area contributed by atoms with Crippen LogP contribution < -0.4 is 14.8 Å². The third kappa shape index (κ3) is 4.51. The van der Waals surface area contributed by atoms with Gasteiger partial charge >= 0.3 is 0 Å². The molecule has 2 rings (SSSR count). The van der Waals surface area contributed by atoms with Gasteiger partial charge in [-0.2, -0.15) is 0 Å². The van der Waals surface area contributed by atoms with E-state index in [-0.39, 0.29) is 0 Å². The minimum Gasteiger partial charge on any atom is -0.497 e. The van der Waals surface area contributed by atoms with Crippen molar-refractivity contribution in [2.24, 2.45) is 0 Å². The molecular weight excluding hydrogens is 272 g/mol. The lowest BCUT2D eigenvalue weighted by Gasteiger charge is -2.06. The van der Waals surface area contributed by atoms with Gasteiger partial charge in [-0.05, 0) is 18.7 Å². The third-order valence-electron chi connectivity index (χ3n) is 2.78. The number of ether oxygens (including phenoxy) is 2. The van der Waals surface area contributed by atoms with E-state index in [1.54, 1.807) is 18.4 Å². The van der Waals surface area contributed by atoms with Crippen LogP contribution in [0.25, 0.3) is 0 Å². The lowest BCUT2D eigenvalue weighted by atomic mass is 10.3. The van der Waals surface area contributed by atoms with E-state index in [4.69, 9.17) is 9.47 Å². The summed E-state index contributed by atoms with van der Waals surface area (Å²) >= 11 is 1.74. The number of nitrogens with zero attached hydrogens (tertiary/aromatic N) is 1. The van der Waals surface area contributed by atoms with Gasteiger partial charge in [-0.15, -0.1) is 11.3 Å². The molecule has 2 aromatic rings. The molecule has 5 heteroatoms. The SMILES string of the molecule is CCNCc1cnc(CCOc2cccc(OC)c2)s1. The molecule has 0 bridgehead atoms. The number of nitrogens with one attached hydrogen (secondary N) is 1. The Morgan fingerprint density at radius 2 is 2.15 bits per heavy atom. The molecule has 0 aliphatic carbocycles. The molecule has 1 heterocycles. The molecule has 0 radical (unpaired) electrons. The maximum atomic E-state index is 5.71. The van der Waals surface area contributed by atoms with Crippen molar-refractivity contribution in [3.8, 4) is 11.5 Å². The molecule has 0 fully saturated rings. The Hall–Kier alpha value is -1.59. The molecule has 20 heavy (non-hydrogen) atoms. The number of aromatic nitrogens is 1. The summed E-state index contributed by atoms with van der Waals surface area (Å²) in [6, 6.07) is 7.65. The third-order valence-corrected chi connectivity index (χ3v) is 3.83. The van der Waals surface area contributed by atoms with Crippen LogP contribution in [0.5, 0.6) is 11.5 Å². The number of benzene rings is 1. The summed E-state index contributed by atoms with van der Waals surface area (Å²) < 4.78 is 10.9. The number of hydrogen-bond donors (Lipinski definition) is 1. The molecule has 108 valence electrons. The van der Waals surface area contributed by atoms with Gasteiger partial charge in [0.1, 0.15) is 11.5 Å². The van der Waals surface area contributed by atoms with Gasteiger partial charge in [-0.3, -0.25) is 0 Å². The number of rotatable bonds is 8. The van der Waals surface area contributed by atoms with Crippen LogP contribution in [0.4, 0.5) is 0 Å². The standard InChI is InChI=1S/C15H20N2O2S/c1-3-16-10-14-11-17-15(20-14)7-8-19-13-6-4-5-12(9-13)18-2/h4-6,9,11,16H,3,7-8,10H2,1-2H3. The van der Waals surface area contributed by atoms with E-state index in [1.807, 2.05) is 30.5 Å². The molecule has 0 saturated carbocycles. The first-order chi connectivity index (χ1) is 9.81.